The Bertz CT molecular complexity index is 3360. The third kappa shape index (κ3) is 8.40. The second-order valence-electron chi connectivity index (χ2n) is 15.8. The zero-order chi connectivity index (χ0) is 44.1. The Hall–Kier alpha value is -9.07. The van der Waals surface area contributed by atoms with Crippen molar-refractivity contribution >= 4 is 0 Å². The summed E-state index contributed by atoms with van der Waals surface area (Å²) in [6, 6.07) is 74.5. The van der Waals surface area contributed by atoms with Gasteiger partial charge < -0.3 is 0 Å². The number of rotatable bonds is 10. The van der Waals surface area contributed by atoms with Gasteiger partial charge in [-0.05, 0) is 75.8 Å². The third-order valence-corrected chi connectivity index (χ3v) is 11.6. The highest BCUT2D eigenvalue weighted by atomic mass is 15.0. The zero-order valence-electron chi connectivity index (χ0n) is 35.6. The van der Waals surface area contributed by atoms with Crippen molar-refractivity contribution in [3.8, 4) is 113 Å². The SMILES string of the molecule is c1ccc(-c2cc(-c3cccc(-c4ccncc4)c3)nc(-c3ccc(-c4ccc(-c5ccccn5)c(-c5ccc(-c6nc(-c7ccccc7)nc(-c7ccccc7)n6)cc5)c4)cc3)n2)cc1. The minimum atomic E-state index is 0.608. The smallest absolute Gasteiger partial charge is 0.164 e. The second-order valence-corrected chi connectivity index (χ2v) is 15.8. The van der Waals surface area contributed by atoms with Crippen molar-refractivity contribution in [2.24, 2.45) is 0 Å². The van der Waals surface area contributed by atoms with Crippen LogP contribution in [0.2, 0.25) is 0 Å². The van der Waals surface area contributed by atoms with E-state index in [4.69, 9.17) is 29.9 Å². The van der Waals surface area contributed by atoms with E-state index in [1.807, 2.05) is 122 Å². The van der Waals surface area contributed by atoms with Crippen molar-refractivity contribution < 1.29 is 0 Å². The predicted molar refractivity (Wildman–Crippen MR) is 265 cm³/mol. The van der Waals surface area contributed by atoms with Gasteiger partial charge in [-0.2, -0.15) is 0 Å². The van der Waals surface area contributed by atoms with Crippen LogP contribution in [0, 0.1) is 0 Å². The first kappa shape index (κ1) is 39.8. The highest BCUT2D eigenvalue weighted by Gasteiger charge is 2.16. The van der Waals surface area contributed by atoms with Gasteiger partial charge in [0, 0.05) is 57.5 Å². The van der Waals surface area contributed by atoms with Gasteiger partial charge in [0.2, 0.25) is 0 Å². The number of benzene rings is 7. The fraction of sp³-hybridized carbons (Fsp3) is 0. The van der Waals surface area contributed by atoms with Crippen molar-refractivity contribution in [1.82, 2.24) is 34.9 Å². The van der Waals surface area contributed by atoms with Crippen molar-refractivity contribution in [2.75, 3.05) is 0 Å². The molecular formula is C59H39N7. The number of nitrogens with zero attached hydrogens (tertiary/aromatic N) is 7. The Labute approximate surface area is 383 Å². The molecule has 7 heteroatoms. The predicted octanol–water partition coefficient (Wildman–Crippen LogP) is 14.1. The summed E-state index contributed by atoms with van der Waals surface area (Å²) in [5.41, 5.74) is 15.8. The fourth-order valence-corrected chi connectivity index (χ4v) is 8.14. The Balaban J connectivity index is 0.950. The molecule has 0 fully saturated rings. The zero-order valence-corrected chi connectivity index (χ0v) is 35.6. The molecule has 7 aromatic carbocycles. The van der Waals surface area contributed by atoms with Gasteiger partial charge >= 0.3 is 0 Å². The summed E-state index contributed by atoms with van der Waals surface area (Å²) in [7, 11) is 0. The lowest BCUT2D eigenvalue weighted by Crippen LogP contribution is -2.00. The van der Waals surface area contributed by atoms with E-state index in [1.54, 1.807) is 0 Å². The lowest BCUT2D eigenvalue weighted by atomic mass is 9.92. The molecule has 0 unspecified atom stereocenters. The minimum Gasteiger partial charge on any atom is -0.265 e. The van der Waals surface area contributed by atoms with Crippen molar-refractivity contribution in [2.45, 2.75) is 0 Å². The van der Waals surface area contributed by atoms with Gasteiger partial charge in [0.25, 0.3) is 0 Å². The monoisotopic (exact) mass is 845 g/mol. The number of hydrogen-bond donors (Lipinski definition) is 0. The van der Waals surface area contributed by atoms with Crippen LogP contribution in [-0.2, 0) is 0 Å². The molecule has 310 valence electrons. The van der Waals surface area contributed by atoms with E-state index in [0.717, 1.165) is 89.4 Å². The van der Waals surface area contributed by atoms with Crippen LogP contribution in [0.1, 0.15) is 0 Å². The molecular weight excluding hydrogens is 807 g/mol. The number of pyridine rings is 2. The molecule has 11 rings (SSSR count). The summed E-state index contributed by atoms with van der Waals surface area (Å²) >= 11 is 0. The topological polar surface area (TPSA) is 90.2 Å². The molecule has 66 heavy (non-hydrogen) atoms. The molecule has 0 aliphatic carbocycles. The maximum absolute atomic E-state index is 5.16. The average molecular weight is 846 g/mol. The summed E-state index contributed by atoms with van der Waals surface area (Å²) in [6.07, 6.45) is 5.47. The Morgan fingerprint density at radius 3 is 1.24 bits per heavy atom. The highest BCUT2D eigenvalue weighted by molar-refractivity contribution is 5.87. The molecule has 0 radical (unpaired) electrons. The molecule has 0 saturated carbocycles. The van der Waals surface area contributed by atoms with Gasteiger partial charge in [0.1, 0.15) is 0 Å². The van der Waals surface area contributed by atoms with E-state index >= 15 is 0 Å². The standard InChI is InChI=1S/C59H39N7/c1-4-13-43(14-5-1)54-39-55(50-20-12-19-48(37-50)41-32-35-60-36-33-41)63-56(62-54)46-26-22-40(23-27-46)49-30-31-51(53-21-10-11-34-61-53)52(38-49)42-24-28-47(29-25-42)59-65-57(44-15-6-2-7-16-44)64-58(66-59)45-17-8-3-9-18-45/h1-39H. The summed E-state index contributed by atoms with van der Waals surface area (Å²) in [5, 5.41) is 0. The average Bonchev–Trinajstić information content (AvgIpc) is 3.42. The van der Waals surface area contributed by atoms with Crippen LogP contribution in [0.3, 0.4) is 0 Å². The second kappa shape index (κ2) is 18.0. The summed E-state index contributed by atoms with van der Waals surface area (Å²) in [4.78, 5) is 34.0. The third-order valence-electron chi connectivity index (χ3n) is 11.6. The molecule has 0 aliphatic rings. The Kier molecular flexibility index (Phi) is 10.8. The number of aromatic nitrogens is 7. The number of hydrogen-bond acceptors (Lipinski definition) is 7. The maximum Gasteiger partial charge on any atom is 0.164 e. The van der Waals surface area contributed by atoms with E-state index in [2.05, 4.69) is 120 Å². The van der Waals surface area contributed by atoms with Gasteiger partial charge in [0.05, 0.1) is 17.1 Å². The molecule has 11 aromatic rings. The van der Waals surface area contributed by atoms with Gasteiger partial charge in [-0.25, -0.2) is 24.9 Å². The van der Waals surface area contributed by atoms with Crippen LogP contribution in [0.25, 0.3) is 113 Å². The van der Waals surface area contributed by atoms with E-state index in [0.29, 0.717) is 23.3 Å². The summed E-state index contributed by atoms with van der Waals surface area (Å²) in [6.45, 7) is 0. The maximum atomic E-state index is 5.16. The minimum absolute atomic E-state index is 0.608. The van der Waals surface area contributed by atoms with Gasteiger partial charge in [-0.3, -0.25) is 9.97 Å². The highest BCUT2D eigenvalue weighted by Crippen LogP contribution is 2.37. The first-order valence-corrected chi connectivity index (χ1v) is 21.8. The van der Waals surface area contributed by atoms with Crippen molar-refractivity contribution in [1.29, 1.82) is 0 Å². The first-order valence-electron chi connectivity index (χ1n) is 21.8. The van der Waals surface area contributed by atoms with Crippen LogP contribution < -0.4 is 0 Å². The van der Waals surface area contributed by atoms with Crippen LogP contribution in [0.15, 0.2) is 237 Å². The van der Waals surface area contributed by atoms with E-state index in [-0.39, 0.29) is 0 Å². The molecule has 4 heterocycles. The lowest BCUT2D eigenvalue weighted by molar-refractivity contribution is 1.07. The summed E-state index contributed by atoms with van der Waals surface area (Å²) < 4.78 is 0. The van der Waals surface area contributed by atoms with Gasteiger partial charge in [-0.1, -0.05) is 176 Å². The normalized spacial score (nSPS) is 11.0. The van der Waals surface area contributed by atoms with Crippen LogP contribution in [-0.4, -0.2) is 34.9 Å². The molecule has 4 aromatic heterocycles. The Morgan fingerprint density at radius 1 is 0.212 bits per heavy atom. The van der Waals surface area contributed by atoms with Crippen LogP contribution >= 0.6 is 0 Å². The van der Waals surface area contributed by atoms with E-state index < -0.39 is 0 Å². The van der Waals surface area contributed by atoms with Crippen LogP contribution in [0.4, 0.5) is 0 Å². The Morgan fingerprint density at radius 2 is 0.652 bits per heavy atom. The van der Waals surface area contributed by atoms with E-state index in [9.17, 15) is 0 Å². The van der Waals surface area contributed by atoms with Gasteiger partial charge in [-0.15, -0.1) is 0 Å². The molecule has 0 spiro atoms. The largest absolute Gasteiger partial charge is 0.265 e. The molecule has 0 bridgehead atoms. The fourth-order valence-electron chi connectivity index (χ4n) is 8.14. The molecule has 0 amide bonds. The van der Waals surface area contributed by atoms with Crippen molar-refractivity contribution in [3.05, 3.63) is 237 Å². The summed E-state index contributed by atoms with van der Waals surface area (Å²) in [5.74, 6) is 2.52. The van der Waals surface area contributed by atoms with Gasteiger partial charge in [0.15, 0.2) is 23.3 Å². The first-order chi connectivity index (χ1) is 32.7. The quantitative estimate of drug-likeness (QED) is 0.135. The van der Waals surface area contributed by atoms with Crippen LogP contribution in [0.5, 0.6) is 0 Å². The lowest BCUT2D eigenvalue weighted by Gasteiger charge is -2.14. The molecule has 0 N–H and O–H groups in total. The van der Waals surface area contributed by atoms with E-state index in [1.165, 1.54) is 0 Å². The molecule has 0 saturated heterocycles. The van der Waals surface area contributed by atoms with Crippen molar-refractivity contribution in [3.63, 3.8) is 0 Å². The molecule has 0 aliphatic heterocycles. The molecule has 7 nitrogen and oxygen atoms in total. The molecule has 0 atom stereocenters.